The predicted octanol–water partition coefficient (Wildman–Crippen LogP) is 2.38. The fourth-order valence-corrected chi connectivity index (χ4v) is 3.49. The Morgan fingerprint density at radius 2 is 2.07 bits per heavy atom. The number of piperidine rings is 1. The number of benzene rings is 1. The minimum absolute atomic E-state index is 0.0872. The van der Waals surface area contributed by atoms with Crippen molar-refractivity contribution in [3.8, 4) is 0 Å². The molecule has 9 heteroatoms. The zero-order chi connectivity index (χ0) is 21.5. The molecule has 0 spiro atoms. The van der Waals surface area contributed by atoms with Gasteiger partial charge < -0.3 is 20.8 Å². The normalized spacial score (nSPS) is 17.7. The summed E-state index contributed by atoms with van der Waals surface area (Å²) in [4.78, 5) is 17.7. The van der Waals surface area contributed by atoms with Gasteiger partial charge in [0, 0.05) is 31.2 Å². The second-order valence-electron chi connectivity index (χ2n) is 7.24. The first-order valence-corrected chi connectivity index (χ1v) is 10.0. The third-order valence-corrected chi connectivity index (χ3v) is 4.93. The van der Waals surface area contributed by atoms with Gasteiger partial charge in [0.05, 0.1) is 0 Å². The lowest BCUT2D eigenvalue weighted by Gasteiger charge is -2.34. The molecule has 3 rings (SSSR count). The summed E-state index contributed by atoms with van der Waals surface area (Å²) in [5.74, 6) is -0.424. The summed E-state index contributed by atoms with van der Waals surface area (Å²) in [7, 11) is 0. The molecule has 1 aliphatic heterocycles. The van der Waals surface area contributed by atoms with Crippen LogP contribution in [-0.2, 0) is 13.1 Å². The summed E-state index contributed by atoms with van der Waals surface area (Å²) in [6.45, 7) is 4.54. The molecule has 1 amide bonds. The lowest BCUT2D eigenvalue weighted by molar-refractivity contribution is 0.0972. The first-order chi connectivity index (χ1) is 14.5. The molecule has 1 aromatic carbocycles. The van der Waals surface area contributed by atoms with Crippen molar-refractivity contribution in [2.45, 2.75) is 38.9 Å². The van der Waals surface area contributed by atoms with Gasteiger partial charge in [0.1, 0.15) is 23.9 Å². The monoisotopic (exact) mass is 419 g/mol. The zero-order valence-corrected chi connectivity index (χ0v) is 17.0. The fraction of sp³-hybridized carbons (Fsp3) is 0.429. The molecule has 2 aromatic rings. The van der Waals surface area contributed by atoms with Gasteiger partial charge in [-0.15, -0.1) is 0 Å². The van der Waals surface area contributed by atoms with Crippen molar-refractivity contribution in [2.75, 3.05) is 19.6 Å². The van der Waals surface area contributed by atoms with Gasteiger partial charge >= 0.3 is 0 Å². The smallest absolute Gasteiger partial charge is 0.284 e. The summed E-state index contributed by atoms with van der Waals surface area (Å²) in [6.07, 6.45) is 1.83. The Morgan fingerprint density at radius 3 is 2.73 bits per heavy atom. The van der Waals surface area contributed by atoms with Crippen LogP contribution in [0.4, 0.5) is 8.78 Å². The van der Waals surface area contributed by atoms with Crippen LogP contribution in [-0.4, -0.2) is 42.4 Å². The van der Waals surface area contributed by atoms with E-state index in [9.17, 15) is 13.6 Å². The van der Waals surface area contributed by atoms with E-state index in [-0.39, 0.29) is 30.5 Å². The molecule has 0 radical (unpaired) electrons. The van der Waals surface area contributed by atoms with Gasteiger partial charge in [-0.2, -0.15) is 0 Å². The zero-order valence-electron chi connectivity index (χ0n) is 17.0. The van der Waals surface area contributed by atoms with Crippen LogP contribution in [0.1, 0.15) is 41.6 Å². The average molecular weight is 419 g/mol. The van der Waals surface area contributed by atoms with Crippen molar-refractivity contribution in [1.29, 1.82) is 0 Å². The number of furan rings is 1. The first-order valence-electron chi connectivity index (χ1n) is 10.0. The summed E-state index contributed by atoms with van der Waals surface area (Å²) < 4.78 is 33.3. The predicted molar refractivity (Wildman–Crippen MR) is 110 cm³/mol. The number of nitrogens with zero attached hydrogens (tertiary/aromatic N) is 2. The molecular formula is C21H27F2N5O2. The highest BCUT2D eigenvalue weighted by atomic mass is 19.1. The summed E-state index contributed by atoms with van der Waals surface area (Å²) in [5, 5.41) is 6.56. The molecule has 1 atom stereocenters. The Bertz CT molecular complexity index is 879. The van der Waals surface area contributed by atoms with Crippen LogP contribution in [0.2, 0.25) is 0 Å². The van der Waals surface area contributed by atoms with Gasteiger partial charge in [-0.3, -0.25) is 9.69 Å². The van der Waals surface area contributed by atoms with Gasteiger partial charge in [-0.05, 0) is 50.6 Å². The van der Waals surface area contributed by atoms with E-state index >= 15 is 0 Å². The van der Waals surface area contributed by atoms with Gasteiger partial charge in [-0.25, -0.2) is 13.8 Å². The highest BCUT2D eigenvalue weighted by molar-refractivity contribution is 5.89. The number of guanidine groups is 1. The highest BCUT2D eigenvalue weighted by Crippen LogP contribution is 2.18. The number of halogens is 2. The Morgan fingerprint density at radius 1 is 1.30 bits per heavy atom. The number of aliphatic imine (C=N–C) groups is 1. The molecule has 4 N–H and O–H groups in total. The van der Waals surface area contributed by atoms with E-state index in [1.807, 2.05) is 11.8 Å². The van der Waals surface area contributed by atoms with Crippen molar-refractivity contribution >= 4 is 11.9 Å². The van der Waals surface area contributed by atoms with Crippen molar-refractivity contribution in [1.82, 2.24) is 15.5 Å². The lowest BCUT2D eigenvalue weighted by atomic mass is 10.0. The highest BCUT2D eigenvalue weighted by Gasteiger charge is 2.23. The van der Waals surface area contributed by atoms with Crippen molar-refractivity contribution in [3.63, 3.8) is 0 Å². The number of carbonyl (C=O) groups is 1. The maximum atomic E-state index is 14.0. The molecule has 1 aliphatic rings. The maximum absolute atomic E-state index is 14.0. The molecule has 1 aromatic heterocycles. The summed E-state index contributed by atoms with van der Waals surface area (Å²) >= 11 is 0. The minimum atomic E-state index is -0.621. The molecule has 1 unspecified atom stereocenters. The van der Waals surface area contributed by atoms with Gasteiger partial charge in [0.2, 0.25) is 0 Å². The van der Waals surface area contributed by atoms with E-state index in [2.05, 4.69) is 15.6 Å². The molecule has 1 fully saturated rings. The van der Waals surface area contributed by atoms with E-state index < -0.39 is 17.5 Å². The molecule has 0 saturated carbocycles. The average Bonchev–Trinajstić information content (AvgIpc) is 3.19. The van der Waals surface area contributed by atoms with Crippen molar-refractivity contribution in [2.24, 2.45) is 10.7 Å². The molecule has 30 heavy (non-hydrogen) atoms. The molecule has 0 bridgehead atoms. The Labute approximate surface area is 174 Å². The van der Waals surface area contributed by atoms with Crippen molar-refractivity contribution < 1.29 is 18.0 Å². The van der Waals surface area contributed by atoms with Crippen LogP contribution in [0.25, 0.3) is 0 Å². The van der Waals surface area contributed by atoms with Crippen molar-refractivity contribution in [3.05, 3.63) is 59.1 Å². The number of primary amides is 1. The van der Waals surface area contributed by atoms with Gasteiger partial charge in [0.15, 0.2) is 11.7 Å². The van der Waals surface area contributed by atoms with Crippen LogP contribution < -0.4 is 16.4 Å². The number of nitrogens with two attached hydrogens (primary N) is 1. The number of hydrogen-bond donors (Lipinski definition) is 3. The van der Waals surface area contributed by atoms with Crippen LogP contribution in [0.15, 0.2) is 39.7 Å². The first kappa shape index (κ1) is 21.8. The van der Waals surface area contributed by atoms with Crippen LogP contribution in [0.3, 0.4) is 0 Å². The van der Waals surface area contributed by atoms with E-state index in [0.717, 1.165) is 19.4 Å². The standard InChI is InChI=1S/C21H27F2N5O2/c1-2-25-21(26-11-15-8-9-19(30-15)20(24)29)27-14-5-4-10-28(12-14)13-16-17(22)6-3-7-18(16)23/h3,6-9,14H,2,4-5,10-13H2,1H3,(H2,24,29)(H2,25,26,27). The van der Waals surface area contributed by atoms with E-state index in [4.69, 9.17) is 10.2 Å². The number of rotatable bonds is 7. The topological polar surface area (TPSA) is 95.9 Å². The fourth-order valence-electron chi connectivity index (χ4n) is 3.49. The second kappa shape index (κ2) is 10.2. The number of nitrogens with one attached hydrogen (secondary N) is 2. The SMILES string of the molecule is CCNC(=NCc1ccc(C(N)=O)o1)NC1CCCN(Cc2c(F)cccc2F)C1. The second-order valence-corrected chi connectivity index (χ2v) is 7.24. The number of likely N-dealkylation sites (tertiary alicyclic amines) is 1. The van der Waals surface area contributed by atoms with E-state index in [1.54, 1.807) is 6.07 Å². The summed E-state index contributed by atoms with van der Waals surface area (Å²) in [6, 6.07) is 7.22. The molecule has 0 aliphatic carbocycles. The third-order valence-electron chi connectivity index (χ3n) is 4.93. The van der Waals surface area contributed by atoms with Gasteiger partial charge in [-0.1, -0.05) is 6.07 Å². The van der Waals surface area contributed by atoms with E-state index in [0.29, 0.717) is 24.8 Å². The lowest BCUT2D eigenvalue weighted by Crippen LogP contribution is -2.51. The molecule has 1 saturated heterocycles. The third kappa shape index (κ3) is 5.79. The Hall–Kier alpha value is -2.94. The Kier molecular flexibility index (Phi) is 7.40. The number of carbonyl (C=O) groups excluding carboxylic acids is 1. The van der Waals surface area contributed by atoms with Crippen LogP contribution in [0, 0.1) is 11.6 Å². The largest absolute Gasteiger partial charge is 0.454 e. The van der Waals surface area contributed by atoms with E-state index in [1.165, 1.54) is 24.3 Å². The minimum Gasteiger partial charge on any atom is -0.454 e. The number of amides is 1. The quantitative estimate of drug-likeness (QED) is 0.473. The Balaban J connectivity index is 1.61. The van der Waals surface area contributed by atoms with Gasteiger partial charge in [0.25, 0.3) is 5.91 Å². The van der Waals surface area contributed by atoms with Crippen LogP contribution >= 0.6 is 0 Å². The van der Waals surface area contributed by atoms with Crippen LogP contribution in [0.5, 0.6) is 0 Å². The molecule has 2 heterocycles. The molecule has 162 valence electrons. The summed E-state index contributed by atoms with van der Waals surface area (Å²) in [5.41, 5.74) is 5.30. The molecular weight excluding hydrogens is 392 g/mol. The maximum Gasteiger partial charge on any atom is 0.284 e. The molecule has 7 nitrogen and oxygen atoms in total. The number of hydrogen-bond acceptors (Lipinski definition) is 4.